The Hall–Kier alpha value is -2.73. The third-order valence-electron chi connectivity index (χ3n) is 2.93. The molecule has 0 atom stereocenters. The molecule has 3 heteroatoms. The van der Waals surface area contributed by atoms with E-state index in [2.05, 4.69) is 6.07 Å². The monoisotopic (exact) mass is 235 g/mol. The molecule has 0 saturated carbocycles. The van der Waals surface area contributed by atoms with Crippen molar-refractivity contribution in [3.63, 3.8) is 0 Å². The van der Waals surface area contributed by atoms with Crippen molar-refractivity contribution in [3.8, 4) is 22.9 Å². The van der Waals surface area contributed by atoms with Crippen molar-refractivity contribution in [2.75, 3.05) is 0 Å². The fourth-order valence-electron chi connectivity index (χ4n) is 2.13. The second kappa shape index (κ2) is 3.94. The first-order valence-corrected chi connectivity index (χ1v) is 5.48. The van der Waals surface area contributed by atoms with Crippen LogP contribution in [-0.4, -0.2) is 5.11 Å². The number of phenols is 1. The highest BCUT2D eigenvalue weighted by Gasteiger charge is 2.11. The predicted octanol–water partition coefficient (Wildman–Crippen LogP) is 3.68. The molecule has 1 heterocycles. The predicted molar refractivity (Wildman–Crippen MR) is 68.0 cm³/mol. The minimum absolute atomic E-state index is 0.213. The van der Waals surface area contributed by atoms with Crippen molar-refractivity contribution in [2.45, 2.75) is 0 Å². The van der Waals surface area contributed by atoms with Crippen LogP contribution in [0, 0.1) is 11.3 Å². The van der Waals surface area contributed by atoms with E-state index in [1.807, 2.05) is 18.2 Å². The molecule has 0 aliphatic heterocycles. The second-order valence-electron chi connectivity index (χ2n) is 4.02. The zero-order chi connectivity index (χ0) is 12.5. The number of hydrogen-bond acceptors (Lipinski definition) is 3. The maximum absolute atomic E-state index is 9.49. The molecule has 0 amide bonds. The van der Waals surface area contributed by atoms with Crippen LogP contribution in [0.4, 0.5) is 0 Å². The Morgan fingerprint density at radius 3 is 2.72 bits per heavy atom. The van der Waals surface area contributed by atoms with Crippen LogP contribution in [0.2, 0.25) is 0 Å². The van der Waals surface area contributed by atoms with Gasteiger partial charge < -0.3 is 9.52 Å². The average Bonchev–Trinajstić information content (AvgIpc) is 2.90. The van der Waals surface area contributed by atoms with Gasteiger partial charge in [-0.1, -0.05) is 12.1 Å². The highest BCUT2D eigenvalue weighted by molar-refractivity contribution is 5.99. The summed E-state index contributed by atoms with van der Waals surface area (Å²) in [4.78, 5) is 0. The van der Waals surface area contributed by atoms with Gasteiger partial charge in [-0.3, -0.25) is 0 Å². The molecule has 0 aliphatic carbocycles. The fourth-order valence-corrected chi connectivity index (χ4v) is 2.13. The summed E-state index contributed by atoms with van der Waals surface area (Å²) in [6.45, 7) is 0. The molecule has 1 N–H and O–H groups in total. The fraction of sp³-hybridized carbons (Fsp3) is 0. The van der Waals surface area contributed by atoms with Gasteiger partial charge in [-0.25, -0.2) is 0 Å². The molecule has 86 valence electrons. The Kier molecular flexibility index (Phi) is 2.28. The zero-order valence-electron chi connectivity index (χ0n) is 9.42. The number of furan rings is 1. The van der Waals surface area contributed by atoms with Crippen molar-refractivity contribution >= 4 is 10.8 Å². The number of phenolic OH excluding ortho intramolecular Hbond substituents is 1. The summed E-state index contributed by atoms with van der Waals surface area (Å²) in [5, 5.41) is 20.5. The van der Waals surface area contributed by atoms with Gasteiger partial charge in [0.05, 0.1) is 24.2 Å². The van der Waals surface area contributed by atoms with Gasteiger partial charge in [-0.2, -0.15) is 5.26 Å². The topological polar surface area (TPSA) is 57.2 Å². The molecule has 0 bridgehead atoms. The molecule has 3 nitrogen and oxygen atoms in total. The Balaban J connectivity index is 2.43. The number of rotatable bonds is 1. The van der Waals surface area contributed by atoms with E-state index >= 15 is 0 Å². The standard InChI is InChI=1S/C15H9NO2/c16-8-11-2-1-10-7-13(17)3-4-14(10)15(11)12-5-6-18-9-12/h1-7,9,17H. The van der Waals surface area contributed by atoms with Crippen LogP contribution in [0.25, 0.3) is 21.9 Å². The first-order chi connectivity index (χ1) is 8.79. The highest BCUT2D eigenvalue weighted by atomic mass is 16.3. The van der Waals surface area contributed by atoms with Crippen molar-refractivity contribution in [3.05, 3.63) is 54.5 Å². The summed E-state index contributed by atoms with van der Waals surface area (Å²) >= 11 is 0. The van der Waals surface area contributed by atoms with Crippen LogP contribution in [0.3, 0.4) is 0 Å². The molecule has 0 radical (unpaired) electrons. The lowest BCUT2D eigenvalue weighted by molar-refractivity contribution is 0.476. The van der Waals surface area contributed by atoms with Crippen molar-refractivity contribution in [1.82, 2.24) is 0 Å². The van der Waals surface area contributed by atoms with Gasteiger partial charge in [-0.05, 0) is 35.0 Å². The van der Waals surface area contributed by atoms with E-state index in [9.17, 15) is 10.4 Å². The molecule has 0 fully saturated rings. The first-order valence-electron chi connectivity index (χ1n) is 5.48. The molecular formula is C15H9NO2. The van der Waals surface area contributed by atoms with E-state index in [4.69, 9.17) is 4.42 Å². The number of fused-ring (bicyclic) bond motifs is 1. The van der Waals surface area contributed by atoms with Crippen LogP contribution < -0.4 is 0 Å². The largest absolute Gasteiger partial charge is 0.508 e. The summed E-state index contributed by atoms with van der Waals surface area (Å²) in [6.07, 6.45) is 3.19. The Labute approximate surface area is 104 Å². The van der Waals surface area contributed by atoms with Crippen LogP contribution in [0.1, 0.15) is 5.56 Å². The lowest BCUT2D eigenvalue weighted by Gasteiger charge is -2.07. The zero-order valence-corrected chi connectivity index (χ0v) is 9.42. The van der Waals surface area contributed by atoms with Gasteiger partial charge in [-0.15, -0.1) is 0 Å². The van der Waals surface area contributed by atoms with Gasteiger partial charge in [0.15, 0.2) is 0 Å². The maximum Gasteiger partial charge on any atom is 0.116 e. The second-order valence-corrected chi connectivity index (χ2v) is 4.02. The van der Waals surface area contributed by atoms with E-state index in [-0.39, 0.29) is 5.75 Å². The number of hydrogen-bond donors (Lipinski definition) is 1. The van der Waals surface area contributed by atoms with E-state index in [1.54, 1.807) is 30.7 Å². The number of nitrogens with zero attached hydrogens (tertiary/aromatic N) is 1. The Bertz CT molecular complexity index is 752. The van der Waals surface area contributed by atoms with Gasteiger partial charge in [0, 0.05) is 11.1 Å². The summed E-state index contributed by atoms with van der Waals surface area (Å²) in [7, 11) is 0. The van der Waals surface area contributed by atoms with Crippen LogP contribution in [0.15, 0.2) is 53.3 Å². The molecular weight excluding hydrogens is 226 g/mol. The Morgan fingerprint density at radius 1 is 1.11 bits per heavy atom. The Morgan fingerprint density at radius 2 is 2.00 bits per heavy atom. The molecule has 0 unspecified atom stereocenters. The maximum atomic E-state index is 9.49. The number of nitriles is 1. The van der Waals surface area contributed by atoms with Crippen molar-refractivity contribution in [1.29, 1.82) is 5.26 Å². The summed E-state index contributed by atoms with van der Waals surface area (Å²) in [6, 6.07) is 12.7. The van der Waals surface area contributed by atoms with E-state index in [1.165, 1.54) is 0 Å². The number of aromatic hydroxyl groups is 1. The van der Waals surface area contributed by atoms with Gasteiger partial charge in [0.25, 0.3) is 0 Å². The molecule has 18 heavy (non-hydrogen) atoms. The smallest absolute Gasteiger partial charge is 0.116 e. The third kappa shape index (κ3) is 1.52. The molecule has 1 aromatic heterocycles. The van der Waals surface area contributed by atoms with Crippen LogP contribution >= 0.6 is 0 Å². The van der Waals surface area contributed by atoms with E-state index in [0.29, 0.717) is 5.56 Å². The van der Waals surface area contributed by atoms with Gasteiger partial charge >= 0.3 is 0 Å². The average molecular weight is 235 g/mol. The SMILES string of the molecule is N#Cc1ccc2cc(O)ccc2c1-c1ccoc1. The van der Waals surface area contributed by atoms with E-state index < -0.39 is 0 Å². The molecule has 2 aromatic carbocycles. The van der Waals surface area contributed by atoms with Gasteiger partial charge in [0.1, 0.15) is 5.75 Å². The normalized spacial score (nSPS) is 10.4. The minimum Gasteiger partial charge on any atom is -0.508 e. The lowest BCUT2D eigenvalue weighted by Crippen LogP contribution is -1.85. The minimum atomic E-state index is 0.213. The molecule has 0 spiro atoms. The lowest BCUT2D eigenvalue weighted by atomic mass is 9.95. The number of benzene rings is 2. The quantitative estimate of drug-likeness (QED) is 0.700. The molecule has 3 rings (SSSR count). The van der Waals surface area contributed by atoms with Crippen molar-refractivity contribution in [2.24, 2.45) is 0 Å². The summed E-state index contributed by atoms with van der Waals surface area (Å²) in [5.74, 6) is 0.213. The van der Waals surface area contributed by atoms with Gasteiger partial charge in [0.2, 0.25) is 0 Å². The molecule has 0 saturated heterocycles. The van der Waals surface area contributed by atoms with Crippen LogP contribution in [-0.2, 0) is 0 Å². The highest BCUT2D eigenvalue weighted by Crippen LogP contribution is 2.33. The summed E-state index contributed by atoms with van der Waals surface area (Å²) < 4.78 is 5.08. The first kappa shape index (κ1) is 10.4. The van der Waals surface area contributed by atoms with E-state index in [0.717, 1.165) is 21.9 Å². The molecule has 3 aromatic rings. The van der Waals surface area contributed by atoms with Crippen molar-refractivity contribution < 1.29 is 9.52 Å². The third-order valence-corrected chi connectivity index (χ3v) is 2.93. The van der Waals surface area contributed by atoms with Crippen LogP contribution in [0.5, 0.6) is 5.75 Å². The summed E-state index contributed by atoms with van der Waals surface area (Å²) in [5.41, 5.74) is 2.29. The molecule has 0 aliphatic rings.